The van der Waals surface area contributed by atoms with E-state index in [4.69, 9.17) is 59.8 Å². The number of aliphatic carboxylic acids is 1. The first-order chi connectivity index (χ1) is 50.4. The third-order valence-corrected chi connectivity index (χ3v) is 18.7. The third-order valence-electron chi connectivity index (χ3n) is 18.7. The van der Waals surface area contributed by atoms with Crippen molar-refractivity contribution in [3.8, 4) is 0 Å². The zero-order valence-corrected chi connectivity index (χ0v) is 59.9. The molecule has 29 N–H and O–H groups in total. The van der Waals surface area contributed by atoms with Gasteiger partial charge in [0.25, 0.3) is 0 Å². The zero-order chi connectivity index (χ0) is 80.2. The summed E-state index contributed by atoms with van der Waals surface area (Å²) in [5.74, 6) is -10.1. The standard InChI is InChI=1S/C63H110N10O34/c1-22(2)37(72-55(93)28(66)11-7-9-13-64)58(96)67-23(3)54(92)71-30(57(95)70-29(12-8-10-14-65)56(94)73-38(24(4)78)59(97)98)15-27(81)16-31-39(68-25(5)79)44(85)51(34(19-76)100-31)105-60-40(69-26(6)80)45(86)52(35(20-77)103-60)106-63-50(91)53(107-62-49(90)47(88)42(83)33(18-75)102-62)43(84)36(104-63)21-99-61-48(89)46(87)41(82)32(17-74)101-61/h22-24,28-53,60-63,74-78,82-91H,7-21,64-66H2,1-6H3,(H,67,96)(H,68,79)(H,69,80)(H,70,95)(H,71,92)(H,72,93)(H,73,94)(H,97,98)/t23-,24?,28-,29-,30-,31?,32?,33?,34?,35?,36?,37-,38-,39?,40?,41?,42?,43?,44?,45?,46?,47?,48?,49?,50?,51?,52?,53?,60?,61?,62?,63?/m0/s1. The van der Waals surface area contributed by atoms with E-state index in [1.165, 1.54) is 6.92 Å². The number of amides is 7. The Morgan fingerprint density at radius 1 is 0.439 bits per heavy atom. The minimum absolute atomic E-state index is 0.104. The summed E-state index contributed by atoms with van der Waals surface area (Å²) in [7, 11) is 0. The summed E-state index contributed by atoms with van der Waals surface area (Å²) in [6.45, 7) is 2.78. The van der Waals surface area contributed by atoms with Gasteiger partial charge < -0.3 is 179 Å². The Labute approximate surface area is 613 Å². The molecule has 107 heavy (non-hydrogen) atoms. The summed E-state index contributed by atoms with van der Waals surface area (Å²) in [6.07, 6.45) is -47.5. The number of rotatable bonds is 40. The number of carboxylic acid groups (broad SMARTS) is 1. The number of aliphatic hydroxyl groups is 15. The maximum atomic E-state index is 14.6. The molecule has 32 atom stereocenters. The van der Waals surface area contributed by atoms with Crippen LogP contribution in [0.25, 0.3) is 0 Å². The van der Waals surface area contributed by atoms with Crippen LogP contribution in [-0.2, 0) is 85.8 Å². The highest BCUT2D eigenvalue weighted by atomic mass is 16.8. The van der Waals surface area contributed by atoms with E-state index in [9.17, 15) is 125 Å². The van der Waals surface area contributed by atoms with Gasteiger partial charge in [-0.05, 0) is 65.0 Å². The van der Waals surface area contributed by atoms with Crippen LogP contribution in [0.3, 0.4) is 0 Å². The highest BCUT2D eigenvalue weighted by Gasteiger charge is 2.57. The largest absolute Gasteiger partial charge is 0.480 e. The predicted molar refractivity (Wildman–Crippen MR) is 355 cm³/mol. The van der Waals surface area contributed by atoms with E-state index in [0.29, 0.717) is 19.4 Å². The van der Waals surface area contributed by atoms with Gasteiger partial charge in [-0.1, -0.05) is 20.3 Å². The van der Waals surface area contributed by atoms with E-state index in [2.05, 4.69) is 37.2 Å². The number of carboxylic acids is 1. The number of Topliss-reactive ketones (excluding diaryl/α,β-unsaturated/α-hetero) is 1. The zero-order valence-electron chi connectivity index (χ0n) is 59.9. The normalized spacial score (nSPS) is 35.2. The van der Waals surface area contributed by atoms with Crippen molar-refractivity contribution in [1.82, 2.24) is 37.2 Å². The molecular formula is C63H110N10O34. The molecule has 0 radical (unpaired) electrons. The molecule has 5 saturated heterocycles. The number of hydrogen-bond acceptors (Lipinski definition) is 36. The predicted octanol–water partition coefficient (Wildman–Crippen LogP) is -14.1. The minimum Gasteiger partial charge on any atom is -0.480 e. The van der Waals surface area contributed by atoms with Crippen molar-refractivity contribution in [1.29, 1.82) is 0 Å². The number of carbonyl (C=O) groups is 9. The average molecular weight is 1550 g/mol. The van der Waals surface area contributed by atoms with Gasteiger partial charge in [0.1, 0.15) is 146 Å². The molecule has 0 aromatic carbocycles. The molecule has 616 valence electrons. The number of carbonyl (C=O) groups excluding carboxylic acids is 8. The van der Waals surface area contributed by atoms with Gasteiger partial charge in [0.05, 0.1) is 57.3 Å². The van der Waals surface area contributed by atoms with E-state index < -0.39 is 300 Å². The van der Waals surface area contributed by atoms with Crippen LogP contribution in [0.2, 0.25) is 0 Å². The first kappa shape index (κ1) is 92.0. The smallest absolute Gasteiger partial charge is 0.328 e. The van der Waals surface area contributed by atoms with E-state index in [-0.39, 0.29) is 32.2 Å². The highest BCUT2D eigenvalue weighted by molar-refractivity contribution is 5.98. The van der Waals surface area contributed by atoms with Gasteiger partial charge in [0.15, 0.2) is 31.2 Å². The van der Waals surface area contributed by atoms with Crippen LogP contribution in [0.15, 0.2) is 0 Å². The van der Waals surface area contributed by atoms with Crippen molar-refractivity contribution in [2.45, 2.75) is 288 Å². The first-order valence-corrected chi connectivity index (χ1v) is 35.1. The van der Waals surface area contributed by atoms with E-state index >= 15 is 0 Å². The maximum Gasteiger partial charge on any atom is 0.328 e. The van der Waals surface area contributed by atoms with Crippen molar-refractivity contribution in [2.24, 2.45) is 23.1 Å². The molecule has 0 aliphatic carbocycles. The summed E-state index contributed by atoms with van der Waals surface area (Å²) in [5.41, 5.74) is 17.3. The fraction of sp³-hybridized carbons (Fsp3) is 0.857. The Balaban J connectivity index is 1.43. The molecule has 7 amide bonds. The molecule has 5 heterocycles. The van der Waals surface area contributed by atoms with E-state index in [1.54, 1.807) is 13.8 Å². The van der Waals surface area contributed by atoms with Crippen LogP contribution in [0.1, 0.15) is 92.9 Å². The molecule has 0 aromatic rings. The van der Waals surface area contributed by atoms with Crippen LogP contribution in [0.4, 0.5) is 0 Å². The molecule has 5 rings (SSSR count). The minimum atomic E-state index is -2.32. The number of ketones is 1. The van der Waals surface area contributed by atoms with Crippen molar-refractivity contribution in [2.75, 3.05) is 46.1 Å². The lowest BCUT2D eigenvalue weighted by atomic mass is 9.88. The number of ether oxygens (including phenoxy) is 9. The number of aliphatic hydroxyl groups excluding tert-OH is 15. The van der Waals surface area contributed by atoms with Crippen molar-refractivity contribution in [3.05, 3.63) is 0 Å². The fourth-order valence-corrected chi connectivity index (χ4v) is 12.5. The third kappa shape index (κ3) is 24.9. The van der Waals surface area contributed by atoms with Gasteiger partial charge in [0.2, 0.25) is 41.4 Å². The topological polar surface area (TPSA) is 723 Å². The molecule has 5 fully saturated rings. The monoisotopic (exact) mass is 1550 g/mol. The SMILES string of the molecule is CC(=O)NC1C(CC(=O)C[C@H](NC(=O)[C@H](C)NC(=O)[C@@H](NC(=O)[C@@H](N)CCCCN)C(C)C)C(=O)N[C@@H](CCCCN)C(=O)N[C@H](C(=O)O)C(C)O)OC(CO)C(OC2OC(CO)C(OC3OC(COC4OC(CO)C(O)C(O)C4O)C(O)C(OC4OC(CO)C(O)C(O)C4O)C3O)C(O)C2NC(C)=O)C1O. The number of unbranched alkanes of at least 4 members (excludes halogenated alkanes) is 2. The van der Waals surface area contributed by atoms with Crippen LogP contribution in [0, 0.1) is 5.92 Å². The molecular weight excluding hydrogens is 1440 g/mol. The second-order valence-electron chi connectivity index (χ2n) is 27.4. The molecule has 5 aliphatic rings. The van der Waals surface area contributed by atoms with Crippen LogP contribution < -0.4 is 54.4 Å². The van der Waals surface area contributed by atoms with Crippen molar-refractivity contribution < 1.29 is 167 Å². The molecule has 44 nitrogen and oxygen atoms in total. The highest BCUT2D eigenvalue weighted by Crippen LogP contribution is 2.36. The second kappa shape index (κ2) is 43.2. The maximum absolute atomic E-state index is 14.6. The van der Waals surface area contributed by atoms with Crippen LogP contribution >= 0.6 is 0 Å². The molecule has 44 heteroatoms. The summed E-state index contributed by atoms with van der Waals surface area (Å²) >= 11 is 0. The van der Waals surface area contributed by atoms with Gasteiger partial charge >= 0.3 is 5.97 Å². The van der Waals surface area contributed by atoms with Gasteiger partial charge in [-0.25, -0.2) is 4.79 Å². The van der Waals surface area contributed by atoms with Crippen molar-refractivity contribution in [3.63, 3.8) is 0 Å². The summed E-state index contributed by atoms with van der Waals surface area (Å²) in [6, 6.07) is -13.0. The first-order valence-electron chi connectivity index (χ1n) is 35.1. The molecule has 0 spiro atoms. The Bertz CT molecular complexity index is 2860. The Hall–Kier alpha value is -5.65. The molecule has 0 bridgehead atoms. The molecule has 0 saturated carbocycles. The lowest BCUT2D eigenvalue weighted by molar-refractivity contribution is -0.383. The molecule has 0 aromatic heterocycles. The Kier molecular flexibility index (Phi) is 37.2. The quantitative estimate of drug-likeness (QED) is 0.0253. The summed E-state index contributed by atoms with van der Waals surface area (Å²) in [4.78, 5) is 122. The Morgan fingerprint density at radius 2 is 0.897 bits per heavy atom. The van der Waals surface area contributed by atoms with Crippen molar-refractivity contribution >= 4 is 53.1 Å². The van der Waals surface area contributed by atoms with Gasteiger partial charge in [0, 0.05) is 26.7 Å². The van der Waals surface area contributed by atoms with E-state index in [1.807, 2.05) is 0 Å². The molecule has 5 aliphatic heterocycles. The lowest BCUT2D eigenvalue weighted by Gasteiger charge is -2.50. The van der Waals surface area contributed by atoms with Crippen LogP contribution in [-0.4, -0.2) is 377 Å². The van der Waals surface area contributed by atoms with Gasteiger partial charge in [-0.2, -0.15) is 0 Å². The van der Waals surface area contributed by atoms with E-state index in [0.717, 1.165) is 20.8 Å². The fourth-order valence-electron chi connectivity index (χ4n) is 12.5. The lowest BCUT2D eigenvalue weighted by Crippen LogP contribution is -2.70. The summed E-state index contributed by atoms with van der Waals surface area (Å²) in [5, 5.41) is 190. The Morgan fingerprint density at radius 3 is 1.43 bits per heavy atom. The number of hydrogen-bond donors (Lipinski definition) is 26. The number of nitrogens with two attached hydrogens (primary N) is 3. The van der Waals surface area contributed by atoms with Gasteiger partial charge in [-0.15, -0.1) is 0 Å². The molecule has 26 unspecified atom stereocenters. The van der Waals surface area contributed by atoms with Gasteiger partial charge in [-0.3, -0.25) is 38.4 Å². The summed E-state index contributed by atoms with van der Waals surface area (Å²) < 4.78 is 52.6. The second-order valence-corrected chi connectivity index (χ2v) is 27.4. The van der Waals surface area contributed by atoms with Crippen LogP contribution in [0.5, 0.6) is 0 Å². The number of nitrogens with one attached hydrogen (secondary N) is 7. The average Bonchev–Trinajstić information content (AvgIpc) is 0.767.